The number of nitrogens with zero attached hydrogens (tertiary/aromatic N) is 3. The highest BCUT2D eigenvalue weighted by Gasteiger charge is 2.09. The van der Waals surface area contributed by atoms with E-state index < -0.39 is 5.97 Å². The fourth-order valence-electron chi connectivity index (χ4n) is 1.28. The second-order valence-electron chi connectivity index (χ2n) is 3.65. The van der Waals surface area contributed by atoms with Gasteiger partial charge in [0.2, 0.25) is 0 Å². The summed E-state index contributed by atoms with van der Waals surface area (Å²) in [4.78, 5) is 15.0. The van der Waals surface area contributed by atoms with Gasteiger partial charge in [-0.05, 0) is 12.1 Å². The normalized spacial score (nSPS) is 11.1. The van der Waals surface area contributed by atoms with Crippen LogP contribution in [0.3, 0.4) is 0 Å². The van der Waals surface area contributed by atoms with Gasteiger partial charge in [0.1, 0.15) is 0 Å². The first-order valence-electron chi connectivity index (χ1n) is 4.67. The zero-order valence-corrected chi connectivity index (χ0v) is 8.51. The van der Waals surface area contributed by atoms with E-state index in [-0.39, 0.29) is 11.5 Å². The Morgan fingerprint density at radius 2 is 2.27 bits per heavy atom. The van der Waals surface area contributed by atoms with Crippen molar-refractivity contribution in [2.45, 2.75) is 19.8 Å². The van der Waals surface area contributed by atoms with Gasteiger partial charge in [0.05, 0.1) is 5.56 Å². The Labute approximate surface area is 86.4 Å². The maximum Gasteiger partial charge on any atom is 0.335 e. The number of hydrogen-bond donors (Lipinski definition) is 1. The molecule has 15 heavy (non-hydrogen) atoms. The van der Waals surface area contributed by atoms with Crippen LogP contribution in [0.1, 0.15) is 35.9 Å². The standard InChI is InChI=1S/C10H11N3O2/c1-6(2)9-11-8-5-7(10(14)15)3-4-13(8)12-9/h3-6H,1-2H3,(H,14,15). The van der Waals surface area contributed by atoms with Gasteiger partial charge in [0.15, 0.2) is 11.5 Å². The number of carboxylic acid groups (broad SMARTS) is 1. The van der Waals surface area contributed by atoms with Crippen LogP contribution in [0.15, 0.2) is 18.3 Å². The fraction of sp³-hybridized carbons (Fsp3) is 0.300. The van der Waals surface area contributed by atoms with E-state index in [0.717, 1.165) is 5.82 Å². The van der Waals surface area contributed by atoms with Crippen molar-refractivity contribution in [3.63, 3.8) is 0 Å². The number of fused-ring (bicyclic) bond motifs is 1. The van der Waals surface area contributed by atoms with Gasteiger partial charge in [-0.3, -0.25) is 0 Å². The highest BCUT2D eigenvalue weighted by atomic mass is 16.4. The van der Waals surface area contributed by atoms with E-state index in [1.807, 2.05) is 13.8 Å². The first kappa shape index (κ1) is 9.64. The number of aromatic nitrogens is 3. The van der Waals surface area contributed by atoms with Crippen LogP contribution in [0.25, 0.3) is 5.65 Å². The molecule has 0 radical (unpaired) electrons. The first-order valence-corrected chi connectivity index (χ1v) is 4.67. The number of carbonyl (C=O) groups is 1. The Kier molecular flexibility index (Phi) is 2.15. The molecule has 5 nitrogen and oxygen atoms in total. The SMILES string of the molecule is CC(C)c1nc2cc(C(=O)O)ccn2n1. The quantitative estimate of drug-likeness (QED) is 0.807. The summed E-state index contributed by atoms with van der Waals surface area (Å²) in [7, 11) is 0. The Morgan fingerprint density at radius 1 is 1.53 bits per heavy atom. The van der Waals surface area contributed by atoms with E-state index >= 15 is 0 Å². The van der Waals surface area contributed by atoms with E-state index in [0.29, 0.717) is 5.65 Å². The van der Waals surface area contributed by atoms with Crippen LogP contribution >= 0.6 is 0 Å². The minimum atomic E-state index is -0.952. The molecule has 0 amide bonds. The average molecular weight is 205 g/mol. The van der Waals surface area contributed by atoms with Crippen LogP contribution in [0, 0.1) is 0 Å². The third-order valence-electron chi connectivity index (χ3n) is 2.12. The van der Waals surface area contributed by atoms with Crippen LogP contribution in [-0.4, -0.2) is 25.7 Å². The lowest BCUT2D eigenvalue weighted by atomic mass is 10.2. The molecule has 0 saturated carbocycles. The Bertz CT molecular complexity index is 516. The van der Waals surface area contributed by atoms with E-state index in [9.17, 15) is 4.79 Å². The van der Waals surface area contributed by atoms with Crippen molar-refractivity contribution in [2.24, 2.45) is 0 Å². The predicted octanol–water partition coefficient (Wildman–Crippen LogP) is 1.55. The maximum absolute atomic E-state index is 10.7. The van der Waals surface area contributed by atoms with E-state index in [1.165, 1.54) is 12.1 Å². The molecule has 0 aliphatic rings. The molecule has 0 bridgehead atoms. The van der Waals surface area contributed by atoms with Crippen LogP contribution in [0.5, 0.6) is 0 Å². The van der Waals surface area contributed by atoms with Gasteiger partial charge in [0.25, 0.3) is 0 Å². The molecule has 0 saturated heterocycles. The lowest BCUT2D eigenvalue weighted by molar-refractivity contribution is 0.0697. The highest BCUT2D eigenvalue weighted by Crippen LogP contribution is 2.12. The highest BCUT2D eigenvalue weighted by molar-refractivity contribution is 5.88. The van der Waals surface area contributed by atoms with E-state index in [1.54, 1.807) is 10.7 Å². The average Bonchev–Trinajstić information content (AvgIpc) is 2.59. The van der Waals surface area contributed by atoms with Gasteiger partial charge in [-0.25, -0.2) is 14.3 Å². The van der Waals surface area contributed by atoms with Crippen molar-refractivity contribution >= 4 is 11.6 Å². The molecule has 5 heteroatoms. The third-order valence-corrected chi connectivity index (χ3v) is 2.12. The summed E-state index contributed by atoms with van der Waals surface area (Å²) >= 11 is 0. The molecule has 0 unspecified atom stereocenters. The molecule has 0 spiro atoms. The van der Waals surface area contributed by atoms with Gasteiger partial charge in [-0.15, -0.1) is 0 Å². The molecular formula is C10H11N3O2. The summed E-state index contributed by atoms with van der Waals surface area (Å²) in [5.41, 5.74) is 0.795. The lowest BCUT2D eigenvalue weighted by Gasteiger charge is -1.93. The molecule has 2 aromatic heterocycles. The number of aromatic carboxylic acids is 1. The summed E-state index contributed by atoms with van der Waals surface area (Å²) < 4.78 is 1.59. The molecule has 0 aromatic carbocycles. The van der Waals surface area contributed by atoms with Gasteiger partial charge in [-0.2, -0.15) is 5.10 Å². The zero-order valence-electron chi connectivity index (χ0n) is 8.51. The topological polar surface area (TPSA) is 67.5 Å². The lowest BCUT2D eigenvalue weighted by Crippen LogP contribution is -1.97. The predicted molar refractivity (Wildman–Crippen MR) is 54.0 cm³/mol. The van der Waals surface area contributed by atoms with E-state index in [2.05, 4.69) is 10.1 Å². The molecular weight excluding hydrogens is 194 g/mol. The second-order valence-corrected chi connectivity index (χ2v) is 3.65. The van der Waals surface area contributed by atoms with Crippen molar-refractivity contribution in [3.8, 4) is 0 Å². The van der Waals surface area contributed by atoms with Crippen LogP contribution < -0.4 is 0 Å². The molecule has 2 rings (SSSR count). The first-order chi connectivity index (χ1) is 7.08. The molecule has 0 fully saturated rings. The largest absolute Gasteiger partial charge is 0.478 e. The molecule has 0 aliphatic heterocycles. The van der Waals surface area contributed by atoms with Crippen molar-refractivity contribution in [1.29, 1.82) is 0 Å². The molecule has 2 heterocycles. The van der Waals surface area contributed by atoms with Gasteiger partial charge in [-0.1, -0.05) is 13.8 Å². The Hall–Kier alpha value is -1.91. The summed E-state index contributed by atoms with van der Waals surface area (Å²) in [5, 5.41) is 13.0. The fourth-order valence-corrected chi connectivity index (χ4v) is 1.28. The van der Waals surface area contributed by atoms with Crippen molar-refractivity contribution in [2.75, 3.05) is 0 Å². The second kappa shape index (κ2) is 3.34. The third kappa shape index (κ3) is 1.68. The molecule has 78 valence electrons. The van der Waals surface area contributed by atoms with Crippen molar-refractivity contribution in [1.82, 2.24) is 14.6 Å². The van der Waals surface area contributed by atoms with Crippen molar-refractivity contribution < 1.29 is 9.90 Å². The minimum absolute atomic E-state index is 0.227. The summed E-state index contributed by atoms with van der Waals surface area (Å²) in [6, 6.07) is 3.02. The van der Waals surface area contributed by atoms with Crippen molar-refractivity contribution in [3.05, 3.63) is 29.7 Å². The van der Waals surface area contributed by atoms with Crippen LogP contribution in [-0.2, 0) is 0 Å². The summed E-state index contributed by atoms with van der Waals surface area (Å²) in [5.74, 6) is 0.00214. The van der Waals surface area contributed by atoms with Gasteiger partial charge >= 0.3 is 5.97 Å². The molecule has 0 aliphatic carbocycles. The van der Waals surface area contributed by atoms with Gasteiger partial charge in [0, 0.05) is 12.1 Å². The van der Waals surface area contributed by atoms with Crippen LogP contribution in [0.2, 0.25) is 0 Å². The monoisotopic (exact) mass is 205 g/mol. The van der Waals surface area contributed by atoms with Gasteiger partial charge < -0.3 is 5.11 Å². The number of carboxylic acids is 1. The smallest absolute Gasteiger partial charge is 0.335 e. The molecule has 1 N–H and O–H groups in total. The van der Waals surface area contributed by atoms with Crippen LogP contribution in [0.4, 0.5) is 0 Å². The number of pyridine rings is 1. The minimum Gasteiger partial charge on any atom is -0.478 e. The number of rotatable bonds is 2. The number of hydrogen-bond acceptors (Lipinski definition) is 3. The zero-order chi connectivity index (χ0) is 11.0. The maximum atomic E-state index is 10.7. The summed E-state index contributed by atoms with van der Waals surface area (Å²) in [6.45, 7) is 3.99. The molecule has 2 aromatic rings. The Balaban J connectivity index is 2.57. The van der Waals surface area contributed by atoms with E-state index in [4.69, 9.17) is 5.11 Å². The molecule has 0 atom stereocenters. The summed E-state index contributed by atoms with van der Waals surface area (Å²) in [6.07, 6.45) is 1.61. The Morgan fingerprint density at radius 3 is 2.87 bits per heavy atom.